The summed E-state index contributed by atoms with van der Waals surface area (Å²) in [5.74, 6) is 0.791. The molecule has 122 valence electrons. The number of rotatable bonds is 5. The Balaban J connectivity index is 1.78. The molecule has 3 aromatic rings. The third-order valence-electron chi connectivity index (χ3n) is 3.90. The molecule has 2 heteroatoms. The lowest BCUT2D eigenvalue weighted by Crippen LogP contribution is -1.95. The van der Waals surface area contributed by atoms with Crippen LogP contribution in [0.25, 0.3) is 11.6 Å². The second kappa shape index (κ2) is 7.99. The zero-order valence-electron chi connectivity index (χ0n) is 14.1. The van der Waals surface area contributed by atoms with Crippen LogP contribution in [0.1, 0.15) is 22.3 Å². The Morgan fingerprint density at radius 1 is 0.960 bits per heavy atom. The Kier molecular flexibility index (Phi) is 5.29. The van der Waals surface area contributed by atoms with Crippen LogP contribution in [0, 0.1) is 18.3 Å². The first kappa shape index (κ1) is 16.5. The van der Waals surface area contributed by atoms with Gasteiger partial charge in [-0.05, 0) is 41.8 Å². The minimum Gasteiger partial charge on any atom is -0.489 e. The number of allylic oxidation sites excluding steroid dienone is 1. The molecule has 0 N–H and O–H groups in total. The van der Waals surface area contributed by atoms with Gasteiger partial charge in [0.25, 0.3) is 0 Å². The highest BCUT2D eigenvalue weighted by molar-refractivity contribution is 5.89. The molecule has 0 aliphatic heterocycles. The molecule has 0 amide bonds. The highest BCUT2D eigenvalue weighted by Crippen LogP contribution is 2.21. The second-order valence-corrected chi connectivity index (χ2v) is 5.88. The topological polar surface area (TPSA) is 33.0 Å². The summed E-state index contributed by atoms with van der Waals surface area (Å²) in [6.07, 6.45) is 1.89. The van der Waals surface area contributed by atoms with E-state index >= 15 is 0 Å². The van der Waals surface area contributed by atoms with Gasteiger partial charge in [0.2, 0.25) is 0 Å². The molecule has 25 heavy (non-hydrogen) atoms. The third-order valence-corrected chi connectivity index (χ3v) is 3.90. The highest BCUT2D eigenvalue weighted by atomic mass is 16.5. The summed E-state index contributed by atoms with van der Waals surface area (Å²) in [6, 6.07) is 28.1. The number of ether oxygens (including phenoxy) is 1. The van der Waals surface area contributed by atoms with Crippen LogP contribution in [0.3, 0.4) is 0 Å². The predicted molar refractivity (Wildman–Crippen MR) is 102 cm³/mol. The molecule has 0 aliphatic carbocycles. The minimum absolute atomic E-state index is 0.525. The summed E-state index contributed by atoms with van der Waals surface area (Å²) in [6.45, 7) is 2.56. The van der Waals surface area contributed by atoms with Crippen molar-refractivity contribution in [3.8, 4) is 11.8 Å². The number of benzene rings is 3. The van der Waals surface area contributed by atoms with E-state index in [1.165, 1.54) is 5.56 Å². The van der Waals surface area contributed by atoms with Crippen molar-refractivity contribution in [2.75, 3.05) is 0 Å². The maximum atomic E-state index is 9.48. The maximum absolute atomic E-state index is 9.48. The third kappa shape index (κ3) is 4.59. The molecule has 0 saturated heterocycles. The average Bonchev–Trinajstić information content (AvgIpc) is 2.66. The van der Waals surface area contributed by atoms with Crippen molar-refractivity contribution in [2.45, 2.75) is 13.5 Å². The first-order valence-corrected chi connectivity index (χ1v) is 8.20. The fraction of sp³-hybridized carbons (Fsp3) is 0.0870. The molecule has 0 fully saturated rings. The summed E-state index contributed by atoms with van der Waals surface area (Å²) in [7, 11) is 0. The molecule has 0 aromatic heterocycles. The number of aryl methyl sites for hydroxylation is 1. The number of hydrogen-bond acceptors (Lipinski definition) is 2. The summed E-state index contributed by atoms with van der Waals surface area (Å²) in [5, 5.41) is 9.48. The van der Waals surface area contributed by atoms with E-state index in [1.54, 1.807) is 0 Å². The van der Waals surface area contributed by atoms with Crippen LogP contribution in [0.5, 0.6) is 5.75 Å². The van der Waals surface area contributed by atoms with Gasteiger partial charge >= 0.3 is 0 Å². The monoisotopic (exact) mass is 325 g/mol. The van der Waals surface area contributed by atoms with Crippen molar-refractivity contribution in [2.24, 2.45) is 0 Å². The summed E-state index contributed by atoms with van der Waals surface area (Å²) >= 11 is 0. The largest absolute Gasteiger partial charge is 0.489 e. The van der Waals surface area contributed by atoms with E-state index in [0.29, 0.717) is 12.2 Å². The second-order valence-electron chi connectivity index (χ2n) is 5.88. The summed E-state index contributed by atoms with van der Waals surface area (Å²) in [4.78, 5) is 0. The lowest BCUT2D eigenvalue weighted by Gasteiger charge is -2.07. The lowest BCUT2D eigenvalue weighted by molar-refractivity contribution is 0.306. The van der Waals surface area contributed by atoms with Gasteiger partial charge in [-0.3, -0.25) is 0 Å². The summed E-state index contributed by atoms with van der Waals surface area (Å²) in [5.41, 5.74) is 4.81. The van der Waals surface area contributed by atoms with Crippen molar-refractivity contribution < 1.29 is 4.74 Å². The SMILES string of the molecule is Cc1ccc(/C(C#N)=C/c2cccc(OCc3ccccc3)c2)cc1. The van der Waals surface area contributed by atoms with Crippen LogP contribution in [0.15, 0.2) is 78.9 Å². The molecule has 3 rings (SSSR count). The Labute approximate surface area is 148 Å². The number of hydrogen-bond donors (Lipinski definition) is 0. The molecule has 0 bridgehead atoms. The standard InChI is InChI=1S/C23H19NO/c1-18-10-12-21(13-11-18)22(16-24)14-20-8-5-9-23(15-20)25-17-19-6-3-2-4-7-19/h2-15H,17H2,1H3/b22-14+. The van der Waals surface area contributed by atoms with Crippen LogP contribution >= 0.6 is 0 Å². The average molecular weight is 325 g/mol. The first-order valence-electron chi connectivity index (χ1n) is 8.20. The van der Waals surface area contributed by atoms with E-state index in [1.807, 2.05) is 91.9 Å². The fourth-order valence-electron chi connectivity index (χ4n) is 2.51. The van der Waals surface area contributed by atoms with Gasteiger partial charge in [-0.25, -0.2) is 0 Å². The van der Waals surface area contributed by atoms with Crippen LogP contribution in [0.2, 0.25) is 0 Å². The Morgan fingerprint density at radius 2 is 1.72 bits per heavy atom. The molecule has 0 spiro atoms. The zero-order valence-corrected chi connectivity index (χ0v) is 14.1. The maximum Gasteiger partial charge on any atom is 0.120 e. The van der Waals surface area contributed by atoms with E-state index in [-0.39, 0.29) is 0 Å². The van der Waals surface area contributed by atoms with Gasteiger partial charge in [0, 0.05) is 0 Å². The quantitative estimate of drug-likeness (QED) is 0.449. The summed E-state index contributed by atoms with van der Waals surface area (Å²) < 4.78 is 5.86. The van der Waals surface area contributed by atoms with Crippen molar-refractivity contribution >= 4 is 11.6 Å². The number of nitrogens with zero attached hydrogens (tertiary/aromatic N) is 1. The number of nitriles is 1. The van der Waals surface area contributed by atoms with Crippen LogP contribution in [0.4, 0.5) is 0 Å². The van der Waals surface area contributed by atoms with Gasteiger partial charge < -0.3 is 4.74 Å². The van der Waals surface area contributed by atoms with E-state index in [4.69, 9.17) is 4.74 Å². The molecular weight excluding hydrogens is 306 g/mol. The first-order chi connectivity index (χ1) is 12.2. The van der Waals surface area contributed by atoms with Gasteiger partial charge in [-0.2, -0.15) is 5.26 Å². The van der Waals surface area contributed by atoms with Crippen LogP contribution < -0.4 is 4.74 Å². The smallest absolute Gasteiger partial charge is 0.120 e. The molecule has 0 atom stereocenters. The van der Waals surface area contributed by atoms with Crippen molar-refractivity contribution in [1.29, 1.82) is 5.26 Å². The molecular formula is C23H19NO. The molecule has 2 nitrogen and oxygen atoms in total. The predicted octanol–water partition coefficient (Wildman–Crippen LogP) is 5.64. The molecule has 0 unspecified atom stereocenters. The minimum atomic E-state index is 0.525. The fourth-order valence-corrected chi connectivity index (χ4v) is 2.51. The van der Waals surface area contributed by atoms with E-state index < -0.39 is 0 Å². The molecule has 0 radical (unpaired) electrons. The van der Waals surface area contributed by atoms with E-state index in [9.17, 15) is 5.26 Å². The van der Waals surface area contributed by atoms with Gasteiger partial charge in [-0.1, -0.05) is 72.3 Å². The Hall–Kier alpha value is -3.31. The van der Waals surface area contributed by atoms with Gasteiger partial charge in [-0.15, -0.1) is 0 Å². The molecule has 0 heterocycles. The van der Waals surface area contributed by atoms with Gasteiger partial charge in [0.05, 0.1) is 11.6 Å². The zero-order chi connectivity index (χ0) is 17.5. The Morgan fingerprint density at radius 3 is 2.44 bits per heavy atom. The lowest BCUT2D eigenvalue weighted by atomic mass is 10.0. The van der Waals surface area contributed by atoms with Gasteiger partial charge in [0.15, 0.2) is 0 Å². The van der Waals surface area contributed by atoms with Crippen LogP contribution in [-0.4, -0.2) is 0 Å². The molecule has 0 saturated carbocycles. The van der Waals surface area contributed by atoms with Crippen LogP contribution in [-0.2, 0) is 6.61 Å². The van der Waals surface area contributed by atoms with Crippen molar-refractivity contribution in [3.05, 3.63) is 101 Å². The van der Waals surface area contributed by atoms with E-state index in [0.717, 1.165) is 22.4 Å². The van der Waals surface area contributed by atoms with Crippen molar-refractivity contribution in [3.63, 3.8) is 0 Å². The van der Waals surface area contributed by atoms with E-state index in [2.05, 4.69) is 6.07 Å². The normalized spacial score (nSPS) is 11.0. The van der Waals surface area contributed by atoms with Gasteiger partial charge in [0.1, 0.15) is 12.4 Å². The molecule has 0 aliphatic rings. The van der Waals surface area contributed by atoms with Crippen molar-refractivity contribution in [1.82, 2.24) is 0 Å². The Bertz CT molecular complexity index is 903. The highest BCUT2D eigenvalue weighted by Gasteiger charge is 2.02. The molecule has 3 aromatic carbocycles.